The molecular formula is C16H30O5Ru. The third-order valence-electron chi connectivity index (χ3n) is 4.17. The van der Waals surface area contributed by atoms with Gasteiger partial charge in [-0.1, -0.05) is 18.6 Å². The van der Waals surface area contributed by atoms with Crippen LogP contribution in [0.5, 0.6) is 0 Å². The van der Waals surface area contributed by atoms with Gasteiger partial charge >= 0.3 is 24.2 Å². The average Bonchev–Trinajstić information content (AvgIpc) is 2.81. The van der Waals surface area contributed by atoms with Crippen LogP contribution in [-0.2, 0) is 28.9 Å². The molecule has 3 atom stereocenters. The minimum atomic E-state index is -1.79. The Morgan fingerprint density at radius 3 is 2.45 bits per heavy atom. The van der Waals surface area contributed by atoms with E-state index in [1.54, 1.807) is 13.8 Å². The summed E-state index contributed by atoms with van der Waals surface area (Å²) < 4.78 is 22.9. The molecule has 22 heavy (non-hydrogen) atoms. The Balaban J connectivity index is 0.00000135. The summed E-state index contributed by atoms with van der Waals surface area (Å²) >= 11 is -1.79. The topological polar surface area (TPSA) is 83.8 Å². The summed E-state index contributed by atoms with van der Waals surface area (Å²) in [5.41, 5.74) is -0.0330. The zero-order valence-corrected chi connectivity index (χ0v) is 16.0. The first-order chi connectivity index (χ1) is 10.1. The van der Waals surface area contributed by atoms with Gasteiger partial charge in [-0.05, 0) is 59.8 Å². The van der Waals surface area contributed by atoms with E-state index < -0.39 is 34.3 Å². The van der Waals surface area contributed by atoms with Gasteiger partial charge in [0.05, 0.1) is 23.4 Å². The van der Waals surface area contributed by atoms with Crippen LogP contribution in [0.25, 0.3) is 0 Å². The third kappa shape index (κ3) is 7.41. The van der Waals surface area contributed by atoms with Crippen LogP contribution in [0.15, 0.2) is 11.6 Å². The molecule has 5 nitrogen and oxygen atoms in total. The fraction of sp³-hybridized carbons (Fsp3) is 0.875. The number of aliphatic hydroxyl groups excluding tert-OH is 1. The molecule has 6 heteroatoms. The maximum atomic E-state index is 10.4. The Bertz CT molecular complexity index is 396. The average molecular weight is 403 g/mol. The van der Waals surface area contributed by atoms with Crippen molar-refractivity contribution in [2.45, 2.75) is 90.1 Å². The normalized spacial score (nSPS) is 27.2. The van der Waals surface area contributed by atoms with E-state index in [-0.39, 0.29) is 6.10 Å². The van der Waals surface area contributed by atoms with Gasteiger partial charge in [0.2, 0.25) is 0 Å². The van der Waals surface area contributed by atoms with E-state index in [9.17, 15) is 10.2 Å². The molecule has 0 aromatic carbocycles. The Morgan fingerprint density at radius 1 is 1.50 bits per heavy atom. The second-order valence-corrected chi connectivity index (χ2v) is 6.97. The quantitative estimate of drug-likeness (QED) is 0.526. The van der Waals surface area contributed by atoms with Gasteiger partial charge < -0.3 is 14.9 Å². The van der Waals surface area contributed by atoms with Gasteiger partial charge in [-0.3, -0.25) is 0 Å². The number of rotatable bonds is 6. The molecule has 0 aromatic rings. The zero-order valence-electron chi connectivity index (χ0n) is 14.2. The third-order valence-corrected chi connectivity index (χ3v) is 4.17. The number of hydrogen-bond acceptors (Lipinski definition) is 5. The summed E-state index contributed by atoms with van der Waals surface area (Å²) in [7, 11) is 0. The Hall–Kier alpha value is -0.157. The first-order valence-corrected chi connectivity index (χ1v) is 9.13. The van der Waals surface area contributed by atoms with E-state index in [1.807, 2.05) is 6.92 Å². The molecule has 0 bridgehead atoms. The Morgan fingerprint density at radius 2 is 2.05 bits per heavy atom. The molecule has 0 amide bonds. The molecule has 132 valence electrons. The fourth-order valence-corrected chi connectivity index (χ4v) is 2.72. The van der Waals surface area contributed by atoms with E-state index in [4.69, 9.17) is 11.9 Å². The molecular weight excluding hydrogens is 373 g/mol. The van der Waals surface area contributed by atoms with Crippen molar-refractivity contribution in [1.29, 1.82) is 0 Å². The van der Waals surface area contributed by atoms with Gasteiger partial charge in [-0.15, -0.1) is 0 Å². The number of hydrogen-bond donors (Lipinski definition) is 2. The van der Waals surface area contributed by atoms with Crippen LogP contribution in [0, 0.1) is 0 Å². The first kappa shape index (κ1) is 21.8. The van der Waals surface area contributed by atoms with Gasteiger partial charge in [-0.25, -0.2) is 0 Å². The van der Waals surface area contributed by atoms with Crippen LogP contribution in [-0.4, -0.2) is 33.6 Å². The first-order valence-electron chi connectivity index (χ1n) is 7.72. The van der Waals surface area contributed by atoms with Crippen LogP contribution >= 0.6 is 0 Å². The minimum absolute atomic E-state index is 0.181. The van der Waals surface area contributed by atoms with Crippen molar-refractivity contribution < 1.29 is 39.1 Å². The predicted molar refractivity (Wildman–Crippen MR) is 79.5 cm³/mol. The van der Waals surface area contributed by atoms with Crippen molar-refractivity contribution in [3.8, 4) is 0 Å². The number of allylic oxidation sites excluding steroid dienone is 2. The van der Waals surface area contributed by atoms with E-state index in [1.165, 1.54) is 5.57 Å². The summed E-state index contributed by atoms with van der Waals surface area (Å²) in [6, 6.07) is 0. The van der Waals surface area contributed by atoms with Crippen molar-refractivity contribution in [1.82, 2.24) is 0 Å². The molecule has 0 radical (unpaired) electrons. The van der Waals surface area contributed by atoms with E-state index in [0.29, 0.717) is 0 Å². The van der Waals surface area contributed by atoms with Crippen LogP contribution in [0.4, 0.5) is 0 Å². The van der Waals surface area contributed by atoms with Gasteiger partial charge in [-0.2, -0.15) is 0 Å². The standard InChI is InChI=1S/C16H30O3.2O.Ru/c1-6-7-12(2)8-9-13(17)16(5)11-10-14(19-16)15(3,4)18;;;/h7,13-14,17-18H,6,8-11H2,1-5H3;;;/b12-7+;;;/t13-,14+,16-;;;/m0.../s1. The van der Waals surface area contributed by atoms with Crippen LogP contribution in [0.2, 0.25) is 0 Å². The van der Waals surface area contributed by atoms with Crippen LogP contribution in [0.3, 0.4) is 0 Å². The van der Waals surface area contributed by atoms with Crippen molar-refractivity contribution >= 4 is 0 Å². The van der Waals surface area contributed by atoms with Gasteiger partial charge in [0.25, 0.3) is 0 Å². The van der Waals surface area contributed by atoms with Crippen molar-refractivity contribution in [3.63, 3.8) is 0 Å². The van der Waals surface area contributed by atoms with Crippen molar-refractivity contribution in [2.75, 3.05) is 0 Å². The van der Waals surface area contributed by atoms with Crippen LogP contribution < -0.4 is 0 Å². The van der Waals surface area contributed by atoms with Crippen molar-refractivity contribution in [2.24, 2.45) is 0 Å². The molecule has 1 rings (SSSR count). The summed E-state index contributed by atoms with van der Waals surface area (Å²) in [6.45, 7) is 9.72. The molecule has 0 unspecified atom stereocenters. The Labute approximate surface area is 141 Å². The van der Waals surface area contributed by atoms with Crippen LogP contribution in [0.1, 0.15) is 66.7 Å². The predicted octanol–water partition coefficient (Wildman–Crippen LogP) is 2.95. The maximum absolute atomic E-state index is 10.4. The number of ether oxygens (including phenoxy) is 1. The second-order valence-electron chi connectivity index (χ2n) is 6.68. The van der Waals surface area contributed by atoms with Gasteiger partial charge in [0.15, 0.2) is 0 Å². The SMILES string of the molecule is CC/C=C(\C)CC[C@H](O)[C@]1(C)CC[C@H](C(C)(C)O)O1.[O]=[Ru]=[O]. The second kappa shape index (κ2) is 9.87. The van der Waals surface area contributed by atoms with E-state index in [2.05, 4.69) is 19.9 Å². The molecule has 1 aliphatic rings. The zero-order chi connectivity index (χ0) is 17.4. The van der Waals surface area contributed by atoms with Gasteiger partial charge in [0.1, 0.15) is 0 Å². The van der Waals surface area contributed by atoms with Crippen molar-refractivity contribution in [3.05, 3.63) is 11.6 Å². The summed E-state index contributed by atoms with van der Waals surface area (Å²) in [5.74, 6) is 0. The summed E-state index contributed by atoms with van der Waals surface area (Å²) in [6.07, 6.45) is 5.82. The van der Waals surface area contributed by atoms with Gasteiger partial charge in [0, 0.05) is 0 Å². The molecule has 1 fully saturated rings. The monoisotopic (exact) mass is 404 g/mol. The molecule has 1 heterocycles. The molecule has 0 aromatic heterocycles. The summed E-state index contributed by atoms with van der Waals surface area (Å²) in [5, 5.41) is 20.4. The molecule has 0 aliphatic carbocycles. The molecule has 0 saturated carbocycles. The molecule has 1 aliphatic heterocycles. The summed E-state index contributed by atoms with van der Waals surface area (Å²) in [4.78, 5) is 0. The molecule has 1 saturated heterocycles. The van der Waals surface area contributed by atoms with E-state index >= 15 is 0 Å². The fourth-order valence-electron chi connectivity index (χ4n) is 2.72. The molecule has 0 spiro atoms. The Kier molecular flexibility index (Phi) is 9.79. The number of aliphatic hydroxyl groups is 2. The van der Waals surface area contributed by atoms with E-state index in [0.717, 1.165) is 32.1 Å². The molecule has 2 N–H and O–H groups in total.